The van der Waals surface area contributed by atoms with Crippen molar-refractivity contribution in [3.8, 4) is 0 Å². The molecule has 0 aromatic carbocycles. The molecule has 0 saturated heterocycles. The van der Waals surface area contributed by atoms with Crippen LogP contribution in [0.25, 0.3) is 10.4 Å². The van der Waals surface area contributed by atoms with Gasteiger partial charge in [-0.25, -0.2) is 4.79 Å². The van der Waals surface area contributed by atoms with Gasteiger partial charge >= 0.3 is 5.69 Å². The Hall–Kier alpha value is -2.13. The lowest BCUT2D eigenvalue weighted by Crippen LogP contribution is -2.34. The number of H-pyrrole nitrogens is 1. The zero-order valence-electron chi connectivity index (χ0n) is 11.5. The lowest BCUT2D eigenvalue weighted by molar-refractivity contribution is -0.0513. The number of ether oxygens (including phenoxy) is 1. The van der Waals surface area contributed by atoms with Crippen molar-refractivity contribution < 1.29 is 14.9 Å². The monoisotopic (exact) mass is 299 g/mol. The van der Waals surface area contributed by atoms with Crippen LogP contribution in [0.4, 0.5) is 0 Å². The highest BCUT2D eigenvalue weighted by Crippen LogP contribution is 2.16. The molecule has 1 heterocycles. The van der Waals surface area contributed by atoms with E-state index in [0.717, 1.165) is 4.57 Å². The van der Waals surface area contributed by atoms with Gasteiger partial charge in [-0.15, -0.1) is 0 Å². The maximum Gasteiger partial charge on any atom is 0.330 e. The second-order valence-corrected chi connectivity index (χ2v) is 4.23. The van der Waals surface area contributed by atoms with Crippen molar-refractivity contribution in [2.24, 2.45) is 5.11 Å². The zero-order valence-corrected chi connectivity index (χ0v) is 11.5. The third kappa shape index (κ3) is 4.43. The van der Waals surface area contributed by atoms with E-state index in [2.05, 4.69) is 15.0 Å². The molecule has 1 aromatic rings. The van der Waals surface area contributed by atoms with Crippen LogP contribution in [0.3, 0.4) is 0 Å². The molecule has 21 heavy (non-hydrogen) atoms. The molecular formula is C11H17N5O5. The van der Waals surface area contributed by atoms with Crippen molar-refractivity contribution in [1.29, 1.82) is 0 Å². The Morgan fingerprint density at radius 1 is 1.48 bits per heavy atom. The molecule has 3 N–H and O–H groups in total. The molecule has 0 aliphatic carbocycles. The fraction of sp³-hybridized carbons (Fsp3) is 0.636. The predicted octanol–water partition coefficient (Wildman–Crippen LogP) is -0.375. The highest BCUT2D eigenvalue weighted by atomic mass is 16.5. The minimum absolute atomic E-state index is 0.142. The predicted molar refractivity (Wildman–Crippen MR) is 72.5 cm³/mol. The van der Waals surface area contributed by atoms with Crippen molar-refractivity contribution in [1.82, 2.24) is 9.55 Å². The fourth-order valence-corrected chi connectivity index (χ4v) is 1.63. The summed E-state index contributed by atoms with van der Waals surface area (Å²) in [5.41, 5.74) is 7.29. The molecule has 0 saturated carbocycles. The van der Waals surface area contributed by atoms with Crippen molar-refractivity contribution >= 4 is 0 Å². The average molecular weight is 299 g/mol. The molecule has 0 spiro atoms. The van der Waals surface area contributed by atoms with Crippen molar-refractivity contribution in [2.75, 3.05) is 13.2 Å². The SMILES string of the molecule is CCC(N=[N+]=[N-])c1cn(COC(CO)CO)c(=O)[nH]c1=O. The lowest BCUT2D eigenvalue weighted by Gasteiger charge is -2.15. The third-order valence-corrected chi connectivity index (χ3v) is 2.83. The van der Waals surface area contributed by atoms with Crippen LogP contribution >= 0.6 is 0 Å². The van der Waals surface area contributed by atoms with Gasteiger partial charge in [0.15, 0.2) is 0 Å². The summed E-state index contributed by atoms with van der Waals surface area (Å²) in [6.45, 7) is 0.662. The summed E-state index contributed by atoms with van der Waals surface area (Å²) >= 11 is 0. The van der Waals surface area contributed by atoms with Crippen molar-refractivity contribution in [3.05, 3.63) is 43.0 Å². The van der Waals surface area contributed by atoms with Crippen LogP contribution in [0.5, 0.6) is 0 Å². The summed E-state index contributed by atoms with van der Waals surface area (Å²) in [5.74, 6) is 0. The molecule has 10 nitrogen and oxygen atoms in total. The van der Waals surface area contributed by atoms with E-state index in [1.165, 1.54) is 6.20 Å². The molecule has 1 rings (SSSR count). The largest absolute Gasteiger partial charge is 0.394 e. The minimum atomic E-state index is -0.827. The molecule has 0 bridgehead atoms. The highest BCUT2D eigenvalue weighted by Gasteiger charge is 2.14. The number of aromatic nitrogens is 2. The quantitative estimate of drug-likeness (QED) is 0.339. The number of nitrogens with zero attached hydrogens (tertiary/aromatic N) is 4. The molecule has 0 aliphatic heterocycles. The second-order valence-electron chi connectivity index (χ2n) is 4.23. The number of aromatic amines is 1. The van der Waals surface area contributed by atoms with E-state index in [1.54, 1.807) is 6.92 Å². The molecular weight excluding hydrogens is 282 g/mol. The van der Waals surface area contributed by atoms with E-state index in [0.29, 0.717) is 6.42 Å². The molecule has 1 aromatic heterocycles. The van der Waals surface area contributed by atoms with Gasteiger partial charge in [-0.05, 0) is 12.0 Å². The topological polar surface area (TPSA) is 153 Å². The van der Waals surface area contributed by atoms with E-state index >= 15 is 0 Å². The standard InChI is InChI=1S/C11H17N5O5/c1-2-9(14-15-12)8-3-16(11(20)13-10(8)19)6-21-7(4-17)5-18/h3,7,9,17-18H,2,4-6H2,1H3,(H,13,19,20). The van der Waals surface area contributed by atoms with Gasteiger partial charge < -0.3 is 14.9 Å². The smallest absolute Gasteiger partial charge is 0.330 e. The number of aliphatic hydroxyl groups is 2. The van der Waals surface area contributed by atoms with Gasteiger partial charge in [0.1, 0.15) is 12.8 Å². The van der Waals surface area contributed by atoms with Crippen LogP contribution in [-0.4, -0.2) is 39.1 Å². The molecule has 1 atom stereocenters. The van der Waals surface area contributed by atoms with Gasteiger partial charge in [-0.3, -0.25) is 14.3 Å². The molecule has 0 amide bonds. The van der Waals surface area contributed by atoms with Crippen molar-refractivity contribution in [3.63, 3.8) is 0 Å². The summed E-state index contributed by atoms with van der Waals surface area (Å²) in [6.07, 6.45) is 0.809. The first-order valence-corrected chi connectivity index (χ1v) is 6.28. The summed E-state index contributed by atoms with van der Waals surface area (Å²) in [6, 6.07) is -0.697. The number of hydrogen-bond acceptors (Lipinski definition) is 6. The van der Waals surface area contributed by atoms with Crippen LogP contribution in [0, 0.1) is 0 Å². The highest BCUT2D eigenvalue weighted by molar-refractivity contribution is 5.10. The minimum Gasteiger partial charge on any atom is -0.394 e. The molecule has 116 valence electrons. The maximum atomic E-state index is 11.7. The van der Waals surface area contributed by atoms with Crippen LogP contribution in [0.2, 0.25) is 0 Å². The van der Waals surface area contributed by atoms with Crippen molar-refractivity contribution in [2.45, 2.75) is 32.2 Å². The lowest BCUT2D eigenvalue weighted by atomic mass is 10.1. The first-order valence-electron chi connectivity index (χ1n) is 6.28. The molecule has 0 radical (unpaired) electrons. The van der Waals surface area contributed by atoms with Gasteiger partial charge in [-0.1, -0.05) is 12.0 Å². The van der Waals surface area contributed by atoms with Crippen LogP contribution in [0.1, 0.15) is 24.9 Å². The maximum absolute atomic E-state index is 11.7. The average Bonchev–Trinajstić information content (AvgIpc) is 2.48. The number of hydrogen-bond donors (Lipinski definition) is 3. The Morgan fingerprint density at radius 2 is 2.14 bits per heavy atom. The molecule has 0 fully saturated rings. The molecule has 10 heteroatoms. The number of azide groups is 1. The first kappa shape index (κ1) is 16.9. The summed E-state index contributed by atoms with van der Waals surface area (Å²) in [7, 11) is 0. The molecule has 1 unspecified atom stereocenters. The van der Waals surface area contributed by atoms with E-state index in [9.17, 15) is 9.59 Å². The Kier molecular flexibility index (Phi) is 6.63. The Bertz CT molecular complexity index is 614. The third-order valence-electron chi connectivity index (χ3n) is 2.83. The normalized spacial score (nSPS) is 12.2. The first-order chi connectivity index (χ1) is 10.1. The van der Waals surface area contributed by atoms with Crippen LogP contribution in [0.15, 0.2) is 20.9 Å². The molecule has 0 aliphatic rings. The Labute approximate surface area is 119 Å². The van der Waals surface area contributed by atoms with Gasteiger partial charge in [0.05, 0.1) is 19.3 Å². The second kappa shape index (κ2) is 8.22. The van der Waals surface area contributed by atoms with E-state index in [4.69, 9.17) is 20.5 Å². The zero-order chi connectivity index (χ0) is 15.8. The van der Waals surface area contributed by atoms with Crippen LogP contribution in [-0.2, 0) is 11.5 Å². The summed E-state index contributed by atoms with van der Waals surface area (Å²) in [5, 5.41) is 21.3. The van der Waals surface area contributed by atoms with E-state index < -0.39 is 36.6 Å². The Balaban J connectivity index is 3.08. The van der Waals surface area contributed by atoms with Gasteiger partial charge in [0.2, 0.25) is 0 Å². The number of aliphatic hydroxyl groups excluding tert-OH is 2. The van der Waals surface area contributed by atoms with E-state index in [1.807, 2.05) is 0 Å². The number of nitrogens with one attached hydrogen (secondary N) is 1. The summed E-state index contributed by atoms with van der Waals surface area (Å²) < 4.78 is 6.17. The Morgan fingerprint density at radius 3 is 2.67 bits per heavy atom. The fourth-order valence-electron chi connectivity index (χ4n) is 1.63. The summed E-state index contributed by atoms with van der Waals surface area (Å²) in [4.78, 5) is 28.2. The van der Waals surface area contributed by atoms with Gasteiger partial charge in [0.25, 0.3) is 5.56 Å². The van der Waals surface area contributed by atoms with Gasteiger partial charge in [0, 0.05) is 16.7 Å². The van der Waals surface area contributed by atoms with Crippen LogP contribution < -0.4 is 11.2 Å². The van der Waals surface area contributed by atoms with Gasteiger partial charge in [-0.2, -0.15) is 0 Å². The number of rotatable bonds is 8. The van der Waals surface area contributed by atoms with E-state index in [-0.39, 0.29) is 12.3 Å².